The lowest BCUT2D eigenvalue weighted by Crippen LogP contribution is -1.94. The van der Waals surface area contributed by atoms with Gasteiger partial charge in [0, 0.05) is 11.6 Å². The van der Waals surface area contributed by atoms with Crippen LogP contribution in [0.15, 0.2) is 18.3 Å². The molecule has 0 aliphatic heterocycles. The molecule has 0 radical (unpaired) electrons. The van der Waals surface area contributed by atoms with Gasteiger partial charge in [0.1, 0.15) is 5.52 Å². The van der Waals surface area contributed by atoms with Gasteiger partial charge in [0.25, 0.3) is 0 Å². The second-order valence-electron chi connectivity index (χ2n) is 3.45. The summed E-state index contributed by atoms with van der Waals surface area (Å²) >= 11 is 6.21. The quantitative estimate of drug-likeness (QED) is 0.804. The monoisotopic (exact) mass is 237 g/mol. The fourth-order valence-electron chi connectivity index (χ4n) is 1.65. The van der Waals surface area contributed by atoms with Crippen molar-refractivity contribution in [3.8, 4) is 11.5 Å². The van der Waals surface area contributed by atoms with E-state index in [2.05, 4.69) is 4.98 Å². The summed E-state index contributed by atoms with van der Waals surface area (Å²) in [6.45, 7) is 1.92. The van der Waals surface area contributed by atoms with Crippen molar-refractivity contribution in [3.05, 3.63) is 28.9 Å². The number of hydrogen-bond acceptors (Lipinski definition) is 3. The summed E-state index contributed by atoms with van der Waals surface area (Å²) in [5, 5.41) is 1.57. The Morgan fingerprint density at radius 1 is 1.19 bits per heavy atom. The van der Waals surface area contributed by atoms with Crippen LogP contribution in [0.25, 0.3) is 10.9 Å². The van der Waals surface area contributed by atoms with Gasteiger partial charge in [0.15, 0.2) is 11.5 Å². The molecule has 0 spiro atoms. The Balaban J connectivity index is 2.84. The summed E-state index contributed by atoms with van der Waals surface area (Å²) in [7, 11) is 3.19. The Morgan fingerprint density at radius 3 is 2.56 bits per heavy atom. The van der Waals surface area contributed by atoms with E-state index in [-0.39, 0.29) is 0 Å². The highest BCUT2D eigenvalue weighted by molar-refractivity contribution is 6.36. The Kier molecular flexibility index (Phi) is 2.88. The first-order valence-electron chi connectivity index (χ1n) is 4.84. The van der Waals surface area contributed by atoms with Gasteiger partial charge in [-0.05, 0) is 24.6 Å². The molecule has 0 aliphatic carbocycles. The minimum absolute atomic E-state index is 0.613. The number of pyridine rings is 1. The predicted octanol–water partition coefficient (Wildman–Crippen LogP) is 3.21. The van der Waals surface area contributed by atoms with E-state index in [0.717, 1.165) is 16.5 Å². The zero-order chi connectivity index (χ0) is 11.7. The van der Waals surface area contributed by atoms with E-state index in [0.29, 0.717) is 16.5 Å². The summed E-state index contributed by atoms with van der Waals surface area (Å²) in [6.07, 6.45) is 1.73. The van der Waals surface area contributed by atoms with Gasteiger partial charge in [-0.3, -0.25) is 4.98 Å². The third-order valence-corrected chi connectivity index (χ3v) is 2.99. The number of aromatic nitrogens is 1. The second kappa shape index (κ2) is 4.18. The lowest BCUT2D eigenvalue weighted by Gasteiger charge is -2.11. The van der Waals surface area contributed by atoms with Gasteiger partial charge in [-0.2, -0.15) is 0 Å². The number of rotatable bonds is 2. The van der Waals surface area contributed by atoms with Crippen LogP contribution in [0.3, 0.4) is 0 Å². The van der Waals surface area contributed by atoms with Gasteiger partial charge < -0.3 is 9.47 Å². The standard InChI is InChI=1S/C12H12ClNO2/c1-7-6-14-11-8(10(7)13)4-5-9(15-2)12(11)16-3/h4-6H,1-3H3. The third-order valence-electron chi connectivity index (χ3n) is 2.49. The number of hydrogen-bond donors (Lipinski definition) is 0. The van der Waals surface area contributed by atoms with Crippen LogP contribution in [0.1, 0.15) is 5.56 Å². The Hall–Kier alpha value is -1.48. The Labute approximate surface area is 99.0 Å². The van der Waals surface area contributed by atoms with E-state index in [1.165, 1.54) is 0 Å². The molecular formula is C12H12ClNO2. The van der Waals surface area contributed by atoms with Crippen molar-refractivity contribution in [2.45, 2.75) is 6.92 Å². The van der Waals surface area contributed by atoms with Crippen LogP contribution in [0.5, 0.6) is 11.5 Å². The molecule has 0 N–H and O–H groups in total. The zero-order valence-electron chi connectivity index (χ0n) is 9.37. The van der Waals surface area contributed by atoms with Crippen LogP contribution in [0, 0.1) is 6.92 Å². The molecule has 0 unspecified atom stereocenters. The largest absolute Gasteiger partial charge is 0.493 e. The SMILES string of the molecule is COc1ccc2c(Cl)c(C)cnc2c1OC. The van der Waals surface area contributed by atoms with E-state index >= 15 is 0 Å². The van der Waals surface area contributed by atoms with E-state index in [4.69, 9.17) is 21.1 Å². The molecule has 0 aliphatic rings. The number of benzene rings is 1. The molecule has 0 amide bonds. The molecule has 2 aromatic rings. The third kappa shape index (κ3) is 1.57. The van der Waals surface area contributed by atoms with Crippen LogP contribution in [-0.2, 0) is 0 Å². The molecule has 2 rings (SSSR count). The highest BCUT2D eigenvalue weighted by Gasteiger charge is 2.12. The molecule has 84 valence electrons. The molecule has 0 saturated heterocycles. The molecule has 0 fully saturated rings. The van der Waals surface area contributed by atoms with Gasteiger partial charge in [0.2, 0.25) is 0 Å². The van der Waals surface area contributed by atoms with E-state index in [9.17, 15) is 0 Å². The number of aryl methyl sites for hydroxylation is 1. The molecule has 1 heterocycles. The number of halogens is 1. The molecule has 4 heteroatoms. The van der Waals surface area contributed by atoms with Gasteiger partial charge in [-0.15, -0.1) is 0 Å². The van der Waals surface area contributed by atoms with Gasteiger partial charge in [-0.1, -0.05) is 11.6 Å². The summed E-state index contributed by atoms with van der Waals surface area (Å²) < 4.78 is 10.5. The van der Waals surface area contributed by atoms with Crippen molar-refractivity contribution < 1.29 is 9.47 Å². The topological polar surface area (TPSA) is 31.4 Å². The van der Waals surface area contributed by atoms with Crippen molar-refractivity contribution in [2.24, 2.45) is 0 Å². The van der Waals surface area contributed by atoms with Crippen molar-refractivity contribution in [1.29, 1.82) is 0 Å². The fourth-order valence-corrected chi connectivity index (χ4v) is 1.85. The van der Waals surface area contributed by atoms with E-state index in [1.807, 2.05) is 19.1 Å². The van der Waals surface area contributed by atoms with Crippen LogP contribution in [0.4, 0.5) is 0 Å². The van der Waals surface area contributed by atoms with Crippen molar-refractivity contribution in [3.63, 3.8) is 0 Å². The fraction of sp³-hybridized carbons (Fsp3) is 0.250. The summed E-state index contributed by atoms with van der Waals surface area (Å²) in [6, 6.07) is 3.72. The van der Waals surface area contributed by atoms with Crippen molar-refractivity contribution in [2.75, 3.05) is 14.2 Å². The maximum Gasteiger partial charge on any atom is 0.187 e. The average molecular weight is 238 g/mol. The smallest absolute Gasteiger partial charge is 0.187 e. The molecule has 1 aromatic heterocycles. The van der Waals surface area contributed by atoms with Crippen LogP contribution in [0.2, 0.25) is 5.02 Å². The van der Waals surface area contributed by atoms with E-state index < -0.39 is 0 Å². The van der Waals surface area contributed by atoms with Gasteiger partial charge in [0.05, 0.1) is 19.2 Å². The minimum Gasteiger partial charge on any atom is -0.493 e. The summed E-state index contributed by atoms with van der Waals surface area (Å²) in [4.78, 5) is 4.33. The minimum atomic E-state index is 0.613. The lowest BCUT2D eigenvalue weighted by molar-refractivity contribution is 0.358. The zero-order valence-corrected chi connectivity index (χ0v) is 10.1. The molecule has 0 saturated carbocycles. The number of methoxy groups -OCH3 is 2. The second-order valence-corrected chi connectivity index (χ2v) is 3.83. The maximum absolute atomic E-state index is 6.21. The number of fused-ring (bicyclic) bond motifs is 1. The highest BCUT2D eigenvalue weighted by atomic mass is 35.5. The average Bonchev–Trinajstić information content (AvgIpc) is 2.32. The first-order chi connectivity index (χ1) is 7.69. The first kappa shape index (κ1) is 11.0. The summed E-state index contributed by atoms with van der Waals surface area (Å²) in [5.41, 5.74) is 1.67. The molecule has 16 heavy (non-hydrogen) atoms. The van der Waals surface area contributed by atoms with Crippen molar-refractivity contribution in [1.82, 2.24) is 4.98 Å². The van der Waals surface area contributed by atoms with Crippen LogP contribution >= 0.6 is 11.6 Å². The molecule has 1 aromatic carbocycles. The molecule has 0 bridgehead atoms. The Morgan fingerprint density at radius 2 is 1.94 bits per heavy atom. The first-order valence-corrected chi connectivity index (χ1v) is 5.22. The molecular weight excluding hydrogens is 226 g/mol. The predicted molar refractivity (Wildman–Crippen MR) is 64.6 cm³/mol. The van der Waals surface area contributed by atoms with Crippen LogP contribution < -0.4 is 9.47 Å². The number of ether oxygens (including phenoxy) is 2. The van der Waals surface area contributed by atoms with Crippen LogP contribution in [-0.4, -0.2) is 19.2 Å². The molecule has 0 atom stereocenters. The highest BCUT2D eigenvalue weighted by Crippen LogP contribution is 2.37. The van der Waals surface area contributed by atoms with Crippen molar-refractivity contribution >= 4 is 22.5 Å². The van der Waals surface area contributed by atoms with Gasteiger partial charge >= 0.3 is 0 Å². The number of nitrogens with zero attached hydrogens (tertiary/aromatic N) is 1. The van der Waals surface area contributed by atoms with Gasteiger partial charge in [-0.25, -0.2) is 0 Å². The maximum atomic E-state index is 6.21. The Bertz CT molecular complexity index is 540. The summed E-state index contributed by atoms with van der Waals surface area (Å²) in [5.74, 6) is 1.27. The normalized spacial score (nSPS) is 10.5. The lowest BCUT2D eigenvalue weighted by atomic mass is 10.1. The molecule has 3 nitrogen and oxygen atoms in total. The van der Waals surface area contributed by atoms with E-state index in [1.54, 1.807) is 20.4 Å².